The van der Waals surface area contributed by atoms with Crippen molar-refractivity contribution in [2.75, 3.05) is 17.3 Å². The van der Waals surface area contributed by atoms with Crippen LogP contribution in [0.25, 0.3) is 0 Å². The second-order valence-electron chi connectivity index (χ2n) is 6.57. The summed E-state index contributed by atoms with van der Waals surface area (Å²) in [5.74, 6) is 1.14. The van der Waals surface area contributed by atoms with E-state index in [0.29, 0.717) is 17.9 Å². The highest BCUT2D eigenvalue weighted by Crippen LogP contribution is 2.39. The number of carbonyl (C=O) groups excluding carboxylic acids is 2. The van der Waals surface area contributed by atoms with Gasteiger partial charge in [-0.15, -0.1) is 23.5 Å². The van der Waals surface area contributed by atoms with Gasteiger partial charge in [-0.3, -0.25) is 9.59 Å². The van der Waals surface area contributed by atoms with Gasteiger partial charge in [-0.05, 0) is 54.3 Å². The van der Waals surface area contributed by atoms with Crippen LogP contribution in [0.15, 0.2) is 76.2 Å². The molecule has 148 valence electrons. The number of anilines is 1. The molecule has 2 amide bonds. The van der Waals surface area contributed by atoms with Crippen LogP contribution in [0.5, 0.6) is 0 Å². The number of hydrogen-bond acceptors (Lipinski definition) is 5. The fourth-order valence-corrected chi connectivity index (χ4v) is 4.82. The van der Waals surface area contributed by atoms with Gasteiger partial charge in [0.15, 0.2) is 0 Å². The number of furan rings is 1. The minimum atomic E-state index is -0.155. The molecule has 2 aromatic carbocycles. The first-order valence-electron chi connectivity index (χ1n) is 9.13. The average molecular weight is 425 g/mol. The SMILES string of the molecule is CSc1cccc(NC(=O)c2ccc(C3SCC(=O)N3Cc3ccco3)cc2)c1. The second-order valence-corrected chi connectivity index (χ2v) is 8.52. The van der Waals surface area contributed by atoms with Gasteiger partial charge in [0.1, 0.15) is 11.1 Å². The summed E-state index contributed by atoms with van der Waals surface area (Å²) in [6.45, 7) is 0.442. The van der Waals surface area contributed by atoms with E-state index in [-0.39, 0.29) is 17.2 Å². The summed E-state index contributed by atoms with van der Waals surface area (Å²) in [7, 11) is 0. The molecule has 7 heteroatoms. The zero-order chi connectivity index (χ0) is 20.2. The molecule has 0 radical (unpaired) electrons. The lowest BCUT2D eigenvalue weighted by Gasteiger charge is -2.23. The predicted octanol–water partition coefficient (Wildman–Crippen LogP) is 5.03. The van der Waals surface area contributed by atoms with Crippen LogP contribution in [0, 0.1) is 0 Å². The number of hydrogen-bond donors (Lipinski definition) is 1. The van der Waals surface area contributed by atoms with Gasteiger partial charge >= 0.3 is 0 Å². The third-order valence-electron chi connectivity index (χ3n) is 4.66. The molecule has 29 heavy (non-hydrogen) atoms. The highest BCUT2D eigenvalue weighted by atomic mass is 32.2. The topological polar surface area (TPSA) is 62.6 Å². The Hall–Kier alpha value is -2.64. The monoisotopic (exact) mass is 424 g/mol. The van der Waals surface area contributed by atoms with Gasteiger partial charge in [0.2, 0.25) is 5.91 Å². The molecule has 1 aromatic heterocycles. The maximum atomic E-state index is 12.6. The molecule has 1 saturated heterocycles. The third-order valence-corrected chi connectivity index (χ3v) is 6.64. The molecule has 4 rings (SSSR count). The molecule has 0 aliphatic carbocycles. The van der Waals surface area contributed by atoms with Crippen molar-refractivity contribution in [2.45, 2.75) is 16.8 Å². The number of nitrogens with one attached hydrogen (secondary N) is 1. The van der Waals surface area contributed by atoms with Gasteiger partial charge in [-0.25, -0.2) is 0 Å². The van der Waals surface area contributed by atoms with Crippen LogP contribution in [0.2, 0.25) is 0 Å². The Bertz CT molecular complexity index is 1000. The zero-order valence-electron chi connectivity index (χ0n) is 15.8. The Kier molecular flexibility index (Phi) is 5.97. The van der Waals surface area contributed by atoms with E-state index in [0.717, 1.165) is 21.9 Å². The quantitative estimate of drug-likeness (QED) is 0.563. The number of nitrogens with zero attached hydrogens (tertiary/aromatic N) is 1. The average Bonchev–Trinajstić information content (AvgIpc) is 3.39. The Morgan fingerprint density at radius 2 is 2.03 bits per heavy atom. The van der Waals surface area contributed by atoms with E-state index in [1.807, 2.05) is 59.7 Å². The molecule has 1 N–H and O–H groups in total. The zero-order valence-corrected chi connectivity index (χ0v) is 17.5. The number of carbonyl (C=O) groups is 2. The van der Waals surface area contributed by atoms with Crippen molar-refractivity contribution in [2.24, 2.45) is 0 Å². The maximum Gasteiger partial charge on any atom is 0.255 e. The Morgan fingerprint density at radius 1 is 1.21 bits per heavy atom. The summed E-state index contributed by atoms with van der Waals surface area (Å²) < 4.78 is 5.39. The van der Waals surface area contributed by atoms with Crippen molar-refractivity contribution in [1.29, 1.82) is 0 Å². The van der Waals surface area contributed by atoms with E-state index in [2.05, 4.69) is 5.32 Å². The van der Waals surface area contributed by atoms with Crippen molar-refractivity contribution in [3.05, 3.63) is 83.8 Å². The molecule has 2 heterocycles. The van der Waals surface area contributed by atoms with Crippen LogP contribution in [0.4, 0.5) is 5.69 Å². The van der Waals surface area contributed by atoms with Crippen molar-refractivity contribution in [3.63, 3.8) is 0 Å². The van der Waals surface area contributed by atoms with Gasteiger partial charge in [0, 0.05) is 16.1 Å². The first kappa shape index (κ1) is 19.7. The molecule has 0 spiro atoms. The summed E-state index contributed by atoms with van der Waals surface area (Å²) in [6.07, 6.45) is 3.61. The Balaban J connectivity index is 1.46. The van der Waals surface area contributed by atoms with Crippen molar-refractivity contribution >= 4 is 41.0 Å². The normalized spacial score (nSPS) is 16.2. The van der Waals surface area contributed by atoms with Gasteiger partial charge in [0.05, 0.1) is 18.6 Å². The molecule has 0 bridgehead atoms. The van der Waals surface area contributed by atoms with Crippen LogP contribution in [-0.4, -0.2) is 28.7 Å². The lowest BCUT2D eigenvalue weighted by molar-refractivity contribution is -0.128. The van der Waals surface area contributed by atoms with E-state index in [1.54, 1.807) is 41.9 Å². The Labute approximate surface area is 177 Å². The van der Waals surface area contributed by atoms with Crippen molar-refractivity contribution in [1.82, 2.24) is 4.90 Å². The molecular weight excluding hydrogens is 404 g/mol. The third kappa shape index (κ3) is 4.52. The fourth-order valence-electron chi connectivity index (χ4n) is 3.17. The van der Waals surface area contributed by atoms with Crippen LogP contribution >= 0.6 is 23.5 Å². The summed E-state index contributed by atoms with van der Waals surface area (Å²) in [6, 6.07) is 18.9. The first-order valence-corrected chi connectivity index (χ1v) is 11.4. The lowest BCUT2D eigenvalue weighted by atomic mass is 10.1. The number of benzene rings is 2. The number of thioether (sulfide) groups is 2. The van der Waals surface area contributed by atoms with Crippen LogP contribution in [-0.2, 0) is 11.3 Å². The summed E-state index contributed by atoms with van der Waals surface area (Å²) in [4.78, 5) is 27.8. The molecular formula is C22H20N2O3S2. The fraction of sp³-hybridized carbons (Fsp3) is 0.182. The Morgan fingerprint density at radius 3 is 2.76 bits per heavy atom. The molecule has 1 atom stereocenters. The predicted molar refractivity (Wildman–Crippen MR) is 117 cm³/mol. The molecule has 5 nitrogen and oxygen atoms in total. The van der Waals surface area contributed by atoms with Gasteiger partial charge < -0.3 is 14.6 Å². The largest absolute Gasteiger partial charge is 0.467 e. The van der Waals surface area contributed by atoms with Gasteiger partial charge in [-0.2, -0.15) is 0 Å². The van der Waals surface area contributed by atoms with Crippen LogP contribution < -0.4 is 5.32 Å². The lowest BCUT2D eigenvalue weighted by Crippen LogP contribution is -2.27. The molecule has 1 aliphatic heterocycles. The van der Waals surface area contributed by atoms with E-state index < -0.39 is 0 Å². The van der Waals surface area contributed by atoms with Crippen LogP contribution in [0.1, 0.15) is 27.1 Å². The first-order chi connectivity index (χ1) is 14.1. The number of amides is 2. The van der Waals surface area contributed by atoms with E-state index in [4.69, 9.17) is 4.42 Å². The highest BCUT2D eigenvalue weighted by molar-refractivity contribution is 8.00. The van der Waals surface area contributed by atoms with Crippen molar-refractivity contribution in [3.8, 4) is 0 Å². The van der Waals surface area contributed by atoms with E-state index in [9.17, 15) is 9.59 Å². The minimum absolute atomic E-state index is 0.0806. The molecule has 1 fully saturated rings. The van der Waals surface area contributed by atoms with Crippen molar-refractivity contribution < 1.29 is 14.0 Å². The molecule has 1 unspecified atom stereocenters. The van der Waals surface area contributed by atoms with E-state index in [1.165, 1.54) is 0 Å². The highest BCUT2D eigenvalue weighted by Gasteiger charge is 2.33. The smallest absolute Gasteiger partial charge is 0.255 e. The standard InChI is InChI=1S/C22H20N2O3S2/c1-28-19-6-2-4-17(12-19)23-21(26)15-7-9-16(10-8-15)22-24(20(25)14-29-22)13-18-5-3-11-27-18/h2-12,22H,13-14H2,1H3,(H,23,26). The second kappa shape index (κ2) is 8.80. The van der Waals surface area contributed by atoms with Gasteiger partial charge in [-0.1, -0.05) is 18.2 Å². The summed E-state index contributed by atoms with van der Waals surface area (Å²) in [5, 5.41) is 2.85. The molecule has 3 aromatic rings. The molecule has 0 saturated carbocycles. The molecule has 1 aliphatic rings. The number of rotatable bonds is 6. The maximum absolute atomic E-state index is 12.6. The van der Waals surface area contributed by atoms with E-state index >= 15 is 0 Å². The summed E-state index contributed by atoms with van der Waals surface area (Å²) >= 11 is 3.22. The minimum Gasteiger partial charge on any atom is -0.467 e. The summed E-state index contributed by atoms with van der Waals surface area (Å²) in [5.41, 5.74) is 2.34. The van der Waals surface area contributed by atoms with Gasteiger partial charge in [0.25, 0.3) is 5.91 Å². The van der Waals surface area contributed by atoms with Crippen LogP contribution in [0.3, 0.4) is 0 Å².